The fraction of sp³-hybridized carbons (Fsp3) is 0.214. The van der Waals surface area contributed by atoms with E-state index in [-0.39, 0.29) is 11.9 Å². The zero-order valence-corrected chi connectivity index (χ0v) is 10.4. The molecule has 0 aliphatic carbocycles. The van der Waals surface area contributed by atoms with Crippen LogP contribution in [0.25, 0.3) is 0 Å². The number of para-hydroxylation sites is 1. The van der Waals surface area contributed by atoms with Gasteiger partial charge < -0.3 is 10.1 Å². The molecule has 0 aliphatic heterocycles. The second-order valence-corrected chi connectivity index (χ2v) is 3.86. The Kier molecular flexibility index (Phi) is 3.89. The van der Waals surface area contributed by atoms with Crippen molar-refractivity contribution < 1.29 is 9.13 Å². The Morgan fingerprint density at radius 3 is 2.61 bits per heavy atom. The number of rotatable bonds is 4. The molecule has 0 amide bonds. The van der Waals surface area contributed by atoms with Crippen LogP contribution in [0.4, 0.5) is 4.39 Å². The lowest BCUT2D eigenvalue weighted by Crippen LogP contribution is -2.19. The van der Waals surface area contributed by atoms with Gasteiger partial charge >= 0.3 is 0 Å². The molecule has 2 aromatic rings. The predicted octanol–water partition coefficient (Wildman–Crippen LogP) is 2.54. The molecule has 3 nitrogen and oxygen atoms in total. The van der Waals surface area contributed by atoms with E-state index in [1.54, 1.807) is 13.2 Å². The van der Waals surface area contributed by atoms with Crippen LogP contribution in [0.1, 0.15) is 17.3 Å². The first-order valence-electron chi connectivity index (χ1n) is 5.68. The Balaban J connectivity index is 2.41. The average Bonchev–Trinajstić information content (AvgIpc) is 2.42. The van der Waals surface area contributed by atoms with E-state index in [9.17, 15) is 4.39 Å². The number of nitrogens with zero attached hydrogens (tertiary/aromatic N) is 1. The summed E-state index contributed by atoms with van der Waals surface area (Å²) in [6.07, 6.45) is 1.22. The van der Waals surface area contributed by atoms with Crippen molar-refractivity contribution in [3.63, 3.8) is 0 Å². The maximum absolute atomic E-state index is 12.9. The van der Waals surface area contributed by atoms with Gasteiger partial charge in [-0.1, -0.05) is 18.2 Å². The summed E-state index contributed by atoms with van der Waals surface area (Å²) in [4.78, 5) is 4.11. The van der Waals surface area contributed by atoms with Crippen LogP contribution in [0.3, 0.4) is 0 Å². The molecule has 4 heteroatoms. The quantitative estimate of drug-likeness (QED) is 0.900. The molecule has 0 aliphatic rings. The number of halogens is 1. The Hall–Kier alpha value is -1.94. The van der Waals surface area contributed by atoms with Crippen LogP contribution in [0, 0.1) is 5.82 Å². The average molecular weight is 246 g/mol. The van der Waals surface area contributed by atoms with Crippen molar-refractivity contribution >= 4 is 0 Å². The molecule has 18 heavy (non-hydrogen) atoms. The van der Waals surface area contributed by atoms with Crippen molar-refractivity contribution in [3.8, 4) is 5.75 Å². The fourth-order valence-electron chi connectivity index (χ4n) is 1.93. The van der Waals surface area contributed by atoms with Gasteiger partial charge in [0.2, 0.25) is 0 Å². The molecular weight excluding hydrogens is 231 g/mol. The van der Waals surface area contributed by atoms with Gasteiger partial charge in [0, 0.05) is 5.56 Å². The summed E-state index contributed by atoms with van der Waals surface area (Å²) in [6, 6.07) is 10.7. The van der Waals surface area contributed by atoms with Crippen molar-refractivity contribution in [1.29, 1.82) is 0 Å². The Labute approximate surface area is 106 Å². The summed E-state index contributed by atoms with van der Waals surface area (Å²) in [7, 11) is 3.46. The van der Waals surface area contributed by atoms with Crippen molar-refractivity contribution in [3.05, 3.63) is 59.7 Å². The lowest BCUT2D eigenvalue weighted by molar-refractivity contribution is 0.405. The first-order chi connectivity index (χ1) is 8.76. The first-order valence-corrected chi connectivity index (χ1v) is 5.68. The molecule has 0 spiro atoms. The van der Waals surface area contributed by atoms with Crippen LogP contribution < -0.4 is 10.1 Å². The normalized spacial score (nSPS) is 12.2. The monoisotopic (exact) mass is 246 g/mol. The fourth-order valence-corrected chi connectivity index (χ4v) is 1.93. The Morgan fingerprint density at radius 1 is 1.22 bits per heavy atom. The summed E-state index contributed by atoms with van der Waals surface area (Å²) < 4.78 is 18.2. The van der Waals surface area contributed by atoms with E-state index in [1.165, 1.54) is 12.3 Å². The van der Waals surface area contributed by atoms with E-state index in [0.29, 0.717) is 0 Å². The number of hydrogen-bond acceptors (Lipinski definition) is 3. The molecule has 0 fully saturated rings. The largest absolute Gasteiger partial charge is 0.496 e. The van der Waals surface area contributed by atoms with Crippen LogP contribution >= 0.6 is 0 Å². The summed E-state index contributed by atoms with van der Waals surface area (Å²) in [6.45, 7) is 0. The maximum Gasteiger partial charge on any atom is 0.141 e. The van der Waals surface area contributed by atoms with Gasteiger partial charge in [-0.3, -0.25) is 4.98 Å². The highest BCUT2D eigenvalue weighted by Crippen LogP contribution is 2.28. The molecule has 1 heterocycles. The number of hydrogen-bond donors (Lipinski definition) is 1. The molecule has 1 unspecified atom stereocenters. The third kappa shape index (κ3) is 2.49. The molecule has 2 rings (SSSR count). The highest BCUT2D eigenvalue weighted by molar-refractivity contribution is 5.39. The van der Waals surface area contributed by atoms with E-state index in [1.807, 2.05) is 31.3 Å². The second-order valence-electron chi connectivity index (χ2n) is 3.86. The minimum Gasteiger partial charge on any atom is -0.496 e. The third-order valence-electron chi connectivity index (χ3n) is 2.78. The second kappa shape index (κ2) is 5.60. The molecular formula is C14H15FN2O. The minimum absolute atomic E-state index is 0.123. The molecule has 1 aromatic carbocycles. The molecule has 0 saturated carbocycles. The van der Waals surface area contributed by atoms with E-state index >= 15 is 0 Å². The lowest BCUT2D eigenvalue weighted by Gasteiger charge is -2.18. The predicted molar refractivity (Wildman–Crippen MR) is 68.1 cm³/mol. The smallest absolute Gasteiger partial charge is 0.141 e. The number of pyridine rings is 1. The number of methoxy groups -OCH3 is 1. The third-order valence-corrected chi connectivity index (χ3v) is 2.78. The van der Waals surface area contributed by atoms with Gasteiger partial charge in [0.05, 0.1) is 25.0 Å². The van der Waals surface area contributed by atoms with Crippen molar-refractivity contribution in [2.24, 2.45) is 0 Å². The standard InChI is InChI=1S/C14H15FN2O/c1-16-14(12-8-7-10(15)9-17-12)11-5-3-4-6-13(11)18-2/h3-9,14,16H,1-2H3. The molecule has 0 bridgehead atoms. The van der Waals surface area contributed by atoms with Gasteiger partial charge in [-0.2, -0.15) is 0 Å². The van der Waals surface area contributed by atoms with Crippen LogP contribution in [0.2, 0.25) is 0 Å². The number of benzene rings is 1. The van der Waals surface area contributed by atoms with Crippen molar-refractivity contribution in [2.75, 3.05) is 14.2 Å². The molecule has 1 atom stereocenters. The van der Waals surface area contributed by atoms with E-state index in [0.717, 1.165) is 17.0 Å². The van der Waals surface area contributed by atoms with Gasteiger partial charge in [0.1, 0.15) is 11.6 Å². The molecule has 1 N–H and O–H groups in total. The summed E-state index contributed by atoms with van der Waals surface area (Å²) >= 11 is 0. The van der Waals surface area contributed by atoms with E-state index in [4.69, 9.17) is 4.74 Å². The highest BCUT2D eigenvalue weighted by atomic mass is 19.1. The minimum atomic E-state index is -0.339. The summed E-state index contributed by atoms with van der Waals surface area (Å²) in [5.74, 6) is 0.441. The number of ether oxygens (including phenoxy) is 1. The van der Waals surface area contributed by atoms with Crippen molar-refractivity contribution in [1.82, 2.24) is 10.3 Å². The van der Waals surface area contributed by atoms with Crippen LogP contribution in [-0.4, -0.2) is 19.1 Å². The van der Waals surface area contributed by atoms with Gasteiger partial charge in [-0.05, 0) is 25.2 Å². The molecule has 0 radical (unpaired) electrons. The van der Waals surface area contributed by atoms with Gasteiger partial charge in [0.15, 0.2) is 0 Å². The van der Waals surface area contributed by atoms with E-state index < -0.39 is 0 Å². The Bertz CT molecular complexity index is 513. The van der Waals surface area contributed by atoms with Gasteiger partial charge in [-0.25, -0.2) is 4.39 Å². The lowest BCUT2D eigenvalue weighted by atomic mass is 10.0. The first kappa shape index (κ1) is 12.5. The van der Waals surface area contributed by atoms with Crippen LogP contribution in [0.15, 0.2) is 42.6 Å². The van der Waals surface area contributed by atoms with Gasteiger partial charge in [0.25, 0.3) is 0 Å². The van der Waals surface area contributed by atoms with Crippen molar-refractivity contribution in [2.45, 2.75) is 6.04 Å². The zero-order valence-electron chi connectivity index (χ0n) is 10.4. The summed E-state index contributed by atoms with van der Waals surface area (Å²) in [5, 5.41) is 3.16. The maximum atomic E-state index is 12.9. The SMILES string of the molecule is CNC(c1ccc(F)cn1)c1ccccc1OC. The topological polar surface area (TPSA) is 34.2 Å². The molecule has 94 valence electrons. The number of nitrogens with one attached hydrogen (secondary N) is 1. The van der Waals surface area contributed by atoms with Crippen LogP contribution in [-0.2, 0) is 0 Å². The molecule has 1 aromatic heterocycles. The Morgan fingerprint density at radius 2 is 2.00 bits per heavy atom. The number of aromatic nitrogens is 1. The zero-order chi connectivity index (χ0) is 13.0. The summed E-state index contributed by atoms with van der Waals surface area (Å²) in [5.41, 5.74) is 1.73. The van der Waals surface area contributed by atoms with Crippen LogP contribution in [0.5, 0.6) is 5.75 Å². The highest BCUT2D eigenvalue weighted by Gasteiger charge is 2.17. The van der Waals surface area contributed by atoms with E-state index in [2.05, 4.69) is 10.3 Å². The molecule has 0 saturated heterocycles. The van der Waals surface area contributed by atoms with Gasteiger partial charge in [-0.15, -0.1) is 0 Å².